The molecule has 2 heterocycles. The minimum Gasteiger partial charge on any atom is -0.429 e. The Hall–Kier alpha value is -1.82. The van der Waals surface area contributed by atoms with Gasteiger partial charge >= 0.3 is 0 Å². The second kappa shape index (κ2) is 7.64. The maximum absolute atomic E-state index is 5.72. The van der Waals surface area contributed by atoms with Gasteiger partial charge in [-0.25, -0.2) is 0 Å². The topological polar surface area (TPSA) is 40.9 Å². The zero-order valence-corrected chi connectivity index (χ0v) is 13.9. The third-order valence-electron chi connectivity index (χ3n) is 4.26. The smallest absolute Gasteiger partial charge is 0.290 e. The Morgan fingerprint density at radius 2 is 1.96 bits per heavy atom. The number of piperazine rings is 1. The zero-order chi connectivity index (χ0) is 16.1. The minimum absolute atomic E-state index is 0.530. The van der Waals surface area contributed by atoms with Crippen molar-refractivity contribution < 1.29 is 9.15 Å². The molecule has 0 bridgehead atoms. The molecule has 0 spiro atoms. The Labute approximate surface area is 137 Å². The maximum atomic E-state index is 5.72. The summed E-state index contributed by atoms with van der Waals surface area (Å²) in [5, 5.41) is 3.48. The van der Waals surface area contributed by atoms with Gasteiger partial charge in [-0.15, -0.1) is 0 Å². The highest BCUT2D eigenvalue weighted by Crippen LogP contribution is 2.23. The summed E-state index contributed by atoms with van der Waals surface area (Å²) in [5.41, 5.74) is 0. The van der Waals surface area contributed by atoms with Crippen LogP contribution >= 0.6 is 0 Å². The summed E-state index contributed by atoms with van der Waals surface area (Å²) in [6.07, 6.45) is 0. The lowest BCUT2D eigenvalue weighted by molar-refractivity contribution is 0.113. The number of likely N-dealkylation sites (N-methyl/N-ethyl adjacent to an activating group) is 2. The third kappa shape index (κ3) is 4.58. The number of hydrogen-bond acceptors (Lipinski definition) is 5. The predicted octanol–water partition coefficient (Wildman–Crippen LogP) is 2.41. The van der Waals surface area contributed by atoms with E-state index in [0.29, 0.717) is 18.5 Å². The van der Waals surface area contributed by atoms with Crippen molar-refractivity contribution in [3.05, 3.63) is 48.2 Å². The van der Waals surface area contributed by atoms with Crippen LogP contribution in [0.25, 0.3) is 0 Å². The van der Waals surface area contributed by atoms with Gasteiger partial charge in [0, 0.05) is 38.3 Å². The number of nitrogens with zero attached hydrogens (tertiary/aromatic N) is 2. The minimum atomic E-state index is 0.530. The van der Waals surface area contributed by atoms with Crippen LogP contribution in [-0.4, -0.2) is 56.1 Å². The van der Waals surface area contributed by atoms with Crippen LogP contribution in [0.5, 0.6) is 11.7 Å². The van der Waals surface area contributed by atoms with E-state index in [-0.39, 0.29) is 0 Å². The van der Waals surface area contributed by atoms with Crippen LogP contribution in [0.4, 0.5) is 0 Å². The maximum Gasteiger partial charge on any atom is 0.290 e. The zero-order valence-electron chi connectivity index (χ0n) is 13.9. The van der Waals surface area contributed by atoms with E-state index in [4.69, 9.17) is 9.15 Å². The first kappa shape index (κ1) is 16.1. The van der Waals surface area contributed by atoms with Crippen LogP contribution in [0, 0.1) is 0 Å². The number of benzene rings is 1. The number of rotatable bonds is 6. The Balaban J connectivity index is 1.46. The van der Waals surface area contributed by atoms with Crippen molar-refractivity contribution in [2.45, 2.75) is 12.6 Å². The summed E-state index contributed by atoms with van der Waals surface area (Å²) in [7, 11) is 4.37. The Morgan fingerprint density at radius 3 is 2.78 bits per heavy atom. The summed E-state index contributed by atoms with van der Waals surface area (Å²) in [6.45, 7) is 5.04. The van der Waals surface area contributed by atoms with Gasteiger partial charge in [0.1, 0.15) is 11.5 Å². The van der Waals surface area contributed by atoms with Gasteiger partial charge in [-0.3, -0.25) is 4.90 Å². The van der Waals surface area contributed by atoms with Gasteiger partial charge in [0.15, 0.2) is 0 Å². The second-order valence-electron chi connectivity index (χ2n) is 6.16. The molecule has 1 fully saturated rings. The number of para-hydroxylation sites is 1. The van der Waals surface area contributed by atoms with Crippen molar-refractivity contribution in [1.82, 2.24) is 15.1 Å². The standard InChI is InChI=1S/C18H25N3O2/c1-20-10-11-21(2)15(14-20)12-19-13-17-8-9-18(23-17)22-16-6-4-3-5-7-16/h3-9,15,19H,10-14H2,1-2H3/t15-/m0/s1. The summed E-state index contributed by atoms with van der Waals surface area (Å²) < 4.78 is 11.4. The molecule has 23 heavy (non-hydrogen) atoms. The molecule has 1 aliphatic heterocycles. The van der Waals surface area contributed by atoms with Gasteiger partial charge in [0.05, 0.1) is 6.54 Å². The van der Waals surface area contributed by atoms with E-state index in [9.17, 15) is 0 Å². The lowest BCUT2D eigenvalue weighted by Gasteiger charge is -2.37. The molecule has 1 aromatic heterocycles. The number of ether oxygens (including phenoxy) is 1. The number of furan rings is 1. The quantitative estimate of drug-likeness (QED) is 0.886. The second-order valence-corrected chi connectivity index (χ2v) is 6.16. The SMILES string of the molecule is CN1CCN(C)[C@@H](CNCc2ccc(Oc3ccccc3)o2)C1. The highest BCUT2D eigenvalue weighted by atomic mass is 16.6. The Kier molecular flexibility index (Phi) is 5.33. The van der Waals surface area contributed by atoms with E-state index in [1.165, 1.54) is 0 Å². The van der Waals surface area contributed by atoms with E-state index in [1.807, 2.05) is 42.5 Å². The fraction of sp³-hybridized carbons (Fsp3) is 0.444. The average molecular weight is 315 g/mol. The molecule has 0 aliphatic carbocycles. The highest BCUT2D eigenvalue weighted by molar-refractivity contribution is 5.26. The molecule has 2 aromatic rings. The van der Waals surface area contributed by atoms with Crippen LogP contribution in [0.2, 0.25) is 0 Å². The van der Waals surface area contributed by atoms with Crippen LogP contribution in [0.3, 0.4) is 0 Å². The number of nitrogens with one attached hydrogen (secondary N) is 1. The van der Waals surface area contributed by atoms with Crippen molar-refractivity contribution in [2.24, 2.45) is 0 Å². The Morgan fingerprint density at radius 1 is 1.13 bits per heavy atom. The molecule has 5 heteroatoms. The molecule has 3 rings (SSSR count). The first-order valence-corrected chi connectivity index (χ1v) is 8.12. The predicted molar refractivity (Wildman–Crippen MR) is 90.8 cm³/mol. The van der Waals surface area contributed by atoms with Gasteiger partial charge in [0.25, 0.3) is 5.95 Å². The Bertz CT molecular complexity index is 599. The molecular weight excluding hydrogens is 290 g/mol. The van der Waals surface area contributed by atoms with Crippen LogP contribution < -0.4 is 10.1 Å². The first-order valence-electron chi connectivity index (χ1n) is 8.12. The van der Waals surface area contributed by atoms with E-state index in [1.54, 1.807) is 0 Å². The van der Waals surface area contributed by atoms with Crippen molar-refractivity contribution in [2.75, 3.05) is 40.3 Å². The molecule has 0 amide bonds. The van der Waals surface area contributed by atoms with Gasteiger partial charge < -0.3 is 19.4 Å². The van der Waals surface area contributed by atoms with Crippen molar-refractivity contribution >= 4 is 0 Å². The average Bonchev–Trinajstić information content (AvgIpc) is 2.99. The molecule has 1 saturated heterocycles. The first-order chi connectivity index (χ1) is 11.2. The van der Waals surface area contributed by atoms with Crippen molar-refractivity contribution in [3.8, 4) is 11.7 Å². The molecule has 1 aliphatic rings. The lowest BCUT2D eigenvalue weighted by Crippen LogP contribution is -2.53. The normalized spacial score (nSPS) is 19.8. The van der Waals surface area contributed by atoms with Crippen molar-refractivity contribution in [1.29, 1.82) is 0 Å². The molecule has 0 unspecified atom stereocenters. The van der Waals surface area contributed by atoms with Crippen LogP contribution in [0.1, 0.15) is 5.76 Å². The molecule has 0 saturated carbocycles. The molecule has 0 radical (unpaired) electrons. The van der Waals surface area contributed by atoms with E-state index >= 15 is 0 Å². The summed E-state index contributed by atoms with van der Waals surface area (Å²) in [6, 6.07) is 14.0. The molecule has 5 nitrogen and oxygen atoms in total. The van der Waals surface area contributed by atoms with E-state index < -0.39 is 0 Å². The summed E-state index contributed by atoms with van der Waals surface area (Å²) >= 11 is 0. The highest BCUT2D eigenvalue weighted by Gasteiger charge is 2.21. The van der Waals surface area contributed by atoms with Gasteiger partial charge in [-0.1, -0.05) is 18.2 Å². The lowest BCUT2D eigenvalue weighted by atomic mass is 10.2. The molecule has 1 atom stereocenters. The molecule has 1 aromatic carbocycles. The van der Waals surface area contributed by atoms with Gasteiger partial charge in [-0.2, -0.15) is 0 Å². The fourth-order valence-electron chi connectivity index (χ4n) is 2.80. The summed E-state index contributed by atoms with van der Waals surface area (Å²) in [4.78, 5) is 4.80. The third-order valence-corrected chi connectivity index (χ3v) is 4.26. The number of hydrogen-bond donors (Lipinski definition) is 1. The molecular formula is C18H25N3O2. The summed E-state index contributed by atoms with van der Waals surface area (Å²) in [5.74, 6) is 2.21. The van der Waals surface area contributed by atoms with E-state index in [2.05, 4.69) is 29.2 Å². The van der Waals surface area contributed by atoms with Crippen molar-refractivity contribution in [3.63, 3.8) is 0 Å². The van der Waals surface area contributed by atoms with Crippen LogP contribution in [0.15, 0.2) is 46.9 Å². The van der Waals surface area contributed by atoms with Crippen LogP contribution in [-0.2, 0) is 6.54 Å². The van der Waals surface area contributed by atoms with Gasteiger partial charge in [-0.05, 0) is 32.3 Å². The van der Waals surface area contributed by atoms with Gasteiger partial charge in [0.2, 0.25) is 0 Å². The fourth-order valence-corrected chi connectivity index (χ4v) is 2.80. The molecule has 1 N–H and O–H groups in total. The largest absolute Gasteiger partial charge is 0.429 e. The molecule has 124 valence electrons. The monoisotopic (exact) mass is 315 g/mol. The van der Waals surface area contributed by atoms with E-state index in [0.717, 1.165) is 37.7 Å².